The van der Waals surface area contributed by atoms with E-state index in [1.807, 2.05) is 30.0 Å². The second-order valence-corrected chi connectivity index (χ2v) is 6.55. The van der Waals surface area contributed by atoms with Crippen LogP contribution in [0.1, 0.15) is 19.4 Å². The minimum Gasteiger partial charge on any atom is -0.398 e. The summed E-state index contributed by atoms with van der Waals surface area (Å²) in [6, 6.07) is 6.31. The predicted octanol–water partition coefficient (Wildman–Crippen LogP) is 3.25. The summed E-state index contributed by atoms with van der Waals surface area (Å²) in [6.07, 6.45) is 0. The number of nitrogens with two attached hydrogens (primary N) is 1. The molecule has 1 aliphatic rings. The molecule has 0 spiro atoms. The standard InChI is InChI=1S/C13H19ClN2S/c1-9-10(2)17-6-5-16(9)8-11-7-12(14)3-4-13(11)15/h3-4,7,9-10H,5-6,8,15H2,1-2H3. The monoisotopic (exact) mass is 270 g/mol. The lowest BCUT2D eigenvalue weighted by molar-refractivity contribution is 0.205. The highest BCUT2D eigenvalue weighted by atomic mass is 35.5. The molecule has 1 aliphatic heterocycles. The third-order valence-corrected chi connectivity index (χ3v) is 5.07. The number of hydrogen-bond donors (Lipinski definition) is 1. The van der Waals surface area contributed by atoms with Gasteiger partial charge in [-0.3, -0.25) is 4.90 Å². The summed E-state index contributed by atoms with van der Waals surface area (Å²) in [5, 5.41) is 1.45. The van der Waals surface area contributed by atoms with Gasteiger partial charge in [0.15, 0.2) is 0 Å². The Morgan fingerprint density at radius 1 is 1.47 bits per heavy atom. The van der Waals surface area contributed by atoms with Crippen LogP contribution in [0.5, 0.6) is 0 Å². The Morgan fingerprint density at radius 2 is 2.24 bits per heavy atom. The Kier molecular flexibility index (Phi) is 4.23. The first-order valence-electron chi connectivity index (χ1n) is 5.97. The first kappa shape index (κ1) is 13.1. The van der Waals surface area contributed by atoms with Crippen molar-refractivity contribution in [2.75, 3.05) is 18.0 Å². The lowest BCUT2D eigenvalue weighted by Gasteiger charge is -2.37. The fourth-order valence-corrected chi connectivity index (χ4v) is 3.51. The number of anilines is 1. The van der Waals surface area contributed by atoms with Crippen LogP contribution in [-0.2, 0) is 6.54 Å². The molecule has 0 bridgehead atoms. The maximum atomic E-state index is 6.02. The Hall–Kier alpha value is -0.380. The Morgan fingerprint density at radius 3 is 3.00 bits per heavy atom. The van der Waals surface area contributed by atoms with E-state index in [2.05, 4.69) is 18.7 Å². The van der Waals surface area contributed by atoms with Crippen molar-refractivity contribution in [3.63, 3.8) is 0 Å². The maximum absolute atomic E-state index is 6.02. The zero-order valence-corrected chi connectivity index (χ0v) is 11.9. The SMILES string of the molecule is CC1SCCN(Cc2cc(Cl)ccc2N)C1C. The van der Waals surface area contributed by atoms with Crippen LogP contribution in [0, 0.1) is 0 Å². The molecule has 2 N–H and O–H groups in total. The molecule has 0 aromatic heterocycles. The maximum Gasteiger partial charge on any atom is 0.0410 e. The second-order valence-electron chi connectivity index (χ2n) is 4.63. The average Bonchev–Trinajstić information content (AvgIpc) is 2.30. The fourth-order valence-electron chi connectivity index (χ4n) is 2.15. The lowest BCUT2D eigenvalue weighted by Crippen LogP contribution is -2.44. The number of halogens is 1. The summed E-state index contributed by atoms with van der Waals surface area (Å²) in [6.45, 7) is 6.61. The lowest BCUT2D eigenvalue weighted by atomic mass is 10.1. The largest absolute Gasteiger partial charge is 0.398 e. The molecule has 1 heterocycles. The van der Waals surface area contributed by atoms with E-state index < -0.39 is 0 Å². The minimum absolute atomic E-state index is 0.590. The fraction of sp³-hybridized carbons (Fsp3) is 0.538. The molecule has 1 aromatic carbocycles. The molecule has 2 unspecified atom stereocenters. The predicted molar refractivity (Wildman–Crippen MR) is 77.7 cm³/mol. The number of nitrogens with zero attached hydrogens (tertiary/aromatic N) is 1. The zero-order chi connectivity index (χ0) is 12.4. The van der Waals surface area contributed by atoms with Gasteiger partial charge in [-0.05, 0) is 30.7 Å². The first-order chi connectivity index (χ1) is 8.08. The van der Waals surface area contributed by atoms with Gasteiger partial charge in [0.2, 0.25) is 0 Å². The van der Waals surface area contributed by atoms with Crippen LogP contribution in [0.25, 0.3) is 0 Å². The summed E-state index contributed by atoms with van der Waals surface area (Å²) in [5.41, 5.74) is 7.98. The van der Waals surface area contributed by atoms with Gasteiger partial charge in [0.25, 0.3) is 0 Å². The van der Waals surface area contributed by atoms with E-state index in [1.54, 1.807) is 0 Å². The van der Waals surface area contributed by atoms with Crippen LogP contribution in [0.4, 0.5) is 5.69 Å². The second kappa shape index (κ2) is 5.51. The van der Waals surface area contributed by atoms with Gasteiger partial charge in [0.05, 0.1) is 0 Å². The quantitative estimate of drug-likeness (QED) is 0.837. The molecule has 1 fully saturated rings. The van der Waals surface area contributed by atoms with Crippen LogP contribution < -0.4 is 5.73 Å². The van der Waals surface area contributed by atoms with Crippen molar-refractivity contribution in [3.8, 4) is 0 Å². The van der Waals surface area contributed by atoms with Gasteiger partial charge in [0.1, 0.15) is 0 Å². The van der Waals surface area contributed by atoms with Gasteiger partial charge < -0.3 is 5.73 Å². The van der Waals surface area contributed by atoms with Gasteiger partial charge in [-0.15, -0.1) is 0 Å². The van der Waals surface area contributed by atoms with Crippen molar-refractivity contribution in [1.29, 1.82) is 0 Å². The molecule has 0 radical (unpaired) electrons. The normalized spacial score (nSPS) is 26.1. The van der Waals surface area contributed by atoms with Crippen molar-refractivity contribution in [2.24, 2.45) is 0 Å². The summed E-state index contributed by atoms with van der Waals surface area (Å²) in [5.74, 6) is 1.20. The van der Waals surface area contributed by atoms with Crippen LogP contribution in [0.3, 0.4) is 0 Å². The molecule has 0 amide bonds. The summed E-state index contributed by atoms with van der Waals surface area (Å²) in [7, 11) is 0. The number of benzene rings is 1. The smallest absolute Gasteiger partial charge is 0.0410 e. The average molecular weight is 271 g/mol. The van der Waals surface area contributed by atoms with Crippen molar-refractivity contribution < 1.29 is 0 Å². The van der Waals surface area contributed by atoms with Crippen molar-refractivity contribution in [2.45, 2.75) is 31.7 Å². The highest BCUT2D eigenvalue weighted by molar-refractivity contribution is 8.00. The Labute approximate surface area is 113 Å². The van der Waals surface area contributed by atoms with Crippen molar-refractivity contribution in [3.05, 3.63) is 28.8 Å². The van der Waals surface area contributed by atoms with E-state index >= 15 is 0 Å². The van der Waals surface area contributed by atoms with Gasteiger partial charge >= 0.3 is 0 Å². The van der Waals surface area contributed by atoms with Gasteiger partial charge in [-0.2, -0.15) is 11.8 Å². The highest BCUT2D eigenvalue weighted by Crippen LogP contribution is 2.27. The van der Waals surface area contributed by atoms with Crippen molar-refractivity contribution in [1.82, 2.24) is 4.90 Å². The van der Waals surface area contributed by atoms with Gasteiger partial charge in [-0.1, -0.05) is 18.5 Å². The summed E-state index contributed by atoms with van der Waals surface area (Å²) in [4.78, 5) is 2.49. The summed E-state index contributed by atoms with van der Waals surface area (Å²) >= 11 is 8.07. The first-order valence-corrected chi connectivity index (χ1v) is 7.40. The van der Waals surface area contributed by atoms with Gasteiger partial charge in [0, 0.05) is 40.8 Å². The van der Waals surface area contributed by atoms with Crippen LogP contribution >= 0.6 is 23.4 Å². The molecule has 17 heavy (non-hydrogen) atoms. The molecule has 0 aliphatic carbocycles. The Balaban J connectivity index is 2.11. The number of nitrogen functional groups attached to an aromatic ring is 1. The number of rotatable bonds is 2. The van der Waals surface area contributed by atoms with Crippen LogP contribution in [0.15, 0.2) is 18.2 Å². The molecule has 94 valence electrons. The van der Waals surface area contributed by atoms with Crippen molar-refractivity contribution >= 4 is 29.1 Å². The molecule has 1 aromatic rings. The minimum atomic E-state index is 0.590. The van der Waals surface area contributed by atoms with E-state index in [-0.39, 0.29) is 0 Å². The van der Waals surface area contributed by atoms with E-state index in [4.69, 9.17) is 17.3 Å². The molecule has 2 nitrogen and oxygen atoms in total. The van der Waals surface area contributed by atoms with E-state index in [9.17, 15) is 0 Å². The molecular weight excluding hydrogens is 252 g/mol. The zero-order valence-electron chi connectivity index (χ0n) is 10.3. The Bertz CT molecular complexity index is 397. The van der Waals surface area contributed by atoms with Crippen LogP contribution in [0.2, 0.25) is 5.02 Å². The number of hydrogen-bond acceptors (Lipinski definition) is 3. The molecule has 0 saturated carbocycles. The molecule has 2 rings (SSSR count). The molecular formula is C13H19ClN2S. The third-order valence-electron chi connectivity index (χ3n) is 3.49. The van der Waals surface area contributed by atoms with E-state index in [0.717, 1.165) is 29.4 Å². The molecule has 2 atom stereocenters. The van der Waals surface area contributed by atoms with Gasteiger partial charge in [-0.25, -0.2) is 0 Å². The van der Waals surface area contributed by atoms with Crippen LogP contribution in [-0.4, -0.2) is 28.5 Å². The third kappa shape index (κ3) is 3.09. The number of thioether (sulfide) groups is 1. The van der Waals surface area contributed by atoms with E-state index in [0.29, 0.717) is 11.3 Å². The topological polar surface area (TPSA) is 29.3 Å². The molecule has 4 heteroatoms. The molecule has 1 saturated heterocycles. The summed E-state index contributed by atoms with van der Waals surface area (Å²) < 4.78 is 0. The van der Waals surface area contributed by atoms with E-state index in [1.165, 1.54) is 5.75 Å². The highest BCUT2D eigenvalue weighted by Gasteiger charge is 2.25.